The number of aromatic hydroxyl groups is 1. The summed E-state index contributed by atoms with van der Waals surface area (Å²) in [5.41, 5.74) is 0.997. The number of carbonyl (C=O) groups excluding carboxylic acids is 1. The van der Waals surface area contributed by atoms with Crippen molar-refractivity contribution in [1.29, 1.82) is 0 Å². The Morgan fingerprint density at radius 2 is 2.00 bits per heavy atom. The number of furan rings is 1. The Balaban J connectivity index is 2.00. The minimum atomic E-state index is -1.16. The SMILES string of the molecule is Cc1ccc(C(=O)NCc2ccc(C(=O)O)o2)cc1O. The van der Waals surface area contributed by atoms with Gasteiger partial charge in [-0.25, -0.2) is 4.79 Å². The second kappa shape index (κ2) is 5.48. The number of phenolic OH excluding ortho intramolecular Hbond substituents is 1. The van der Waals surface area contributed by atoms with Crippen LogP contribution < -0.4 is 5.32 Å². The molecule has 0 aliphatic heterocycles. The molecule has 0 spiro atoms. The van der Waals surface area contributed by atoms with Crippen molar-refractivity contribution >= 4 is 11.9 Å². The van der Waals surface area contributed by atoms with Crippen LogP contribution in [0.1, 0.15) is 32.2 Å². The molecule has 2 aromatic rings. The fourth-order valence-corrected chi connectivity index (χ4v) is 1.61. The number of benzene rings is 1. The van der Waals surface area contributed by atoms with Crippen LogP contribution in [0.2, 0.25) is 0 Å². The third-order valence-electron chi connectivity index (χ3n) is 2.77. The molecule has 1 aromatic carbocycles. The van der Waals surface area contributed by atoms with E-state index in [0.29, 0.717) is 16.9 Å². The van der Waals surface area contributed by atoms with Gasteiger partial charge in [-0.05, 0) is 36.8 Å². The van der Waals surface area contributed by atoms with E-state index in [2.05, 4.69) is 5.32 Å². The zero-order chi connectivity index (χ0) is 14.7. The summed E-state index contributed by atoms with van der Waals surface area (Å²) in [7, 11) is 0. The first-order valence-corrected chi connectivity index (χ1v) is 5.87. The summed E-state index contributed by atoms with van der Waals surface area (Å²) < 4.78 is 5.01. The normalized spacial score (nSPS) is 10.2. The van der Waals surface area contributed by atoms with Crippen LogP contribution in [0.4, 0.5) is 0 Å². The molecule has 0 saturated heterocycles. The average Bonchev–Trinajstić information content (AvgIpc) is 2.88. The van der Waals surface area contributed by atoms with Crippen molar-refractivity contribution in [3.8, 4) is 5.75 Å². The number of carboxylic acid groups (broad SMARTS) is 1. The third-order valence-corrected chi connectivity index (χ3v) is 2.77. The highest BCUT2D eigenvalue weighted by Crippen LogP contribution is 2.17. The van der Waals surface area contributed by atoms with Gasteiger partial charge in [-0.3, -0.25) is 4.79 Å². The van der Waals surface area contributed by atoms with Crippen molar-refractivity contribution in [2.75, 3.05) is 0 Å². The van der Waals surface area contributed by atoms with Crippen LogP contribution in [-0.4, -0.2) is 22.1 Å². The number of nitrogens with one attached hydrogen (secondary N) is 1. The molecule has 1 aromatic heterocycles. The van der Waals surface area contributed by atoms with E-state index < -0.39 is 5.97 Å². The first-order valence-electron chi connectivity index (χ1n) is 5.87. The Kier molecular flexibility index (Phi) is 3.74. The lowest BCUT2D eigenvalue weighted by atomic mass is 10.1. The molecule has 0 bridgehead atoms. The molecule has 0 radical (unpaired) electrons. The molecule has 0 aliphatic carbocycles. The zero-order valence-corrected chi connectivity index (χ0v) is 10.7. The van der Waals surface area contributed by atoms with E-state index in [9.17, 15) is 14.7 Å². The highest BCUT2D eigenvalue weighted by atomic mass is 16.4. The minimum Gasteiger partial charge on any atom is -0.508 e. The highest BCUT2D eigenvalue weighted by Gasteiger charge is 2.11. The summed E-state index contributed by atoms with van der Waals surface area (Å²) in [5.74, 6) is -1.34. The predicted molar refractivity (Wildman–Crippen MR) is 69.7 cm³/mol. The van der Waals surface area contributed by atoms with Crippen molar-refractivity contribution in [2.45, 2.75) is 13.5 Å². The lowest BCUT2D eigenvalue weighted by Crippen LogP contribution is -2.22. The third kappa shape index (κ3) is 2.97. The lowest BCUT2D eigenvalue weighted by Gasteiger charge is -2.05. The van der Waals surface area contributed by atoms with Crippen LogP contribution in [0.3, 0.4) is 0 Å². The van der Waals surface area contributed by atoms with Crippen LogP contribution in [0, 0.1) is 6.92 Å². The summed E-state index contributed by atoms with van der Waals surface area (Å²) in [6, 6.07) is 7.40. The number of amides is 1. The maximum Gasteiger partial charge on any atom is 0.371 e. The van der Waals surface area contributed by atoms with Crippen LogP contribution in [0.25, 0.3) is 0 Å². The van der Waals surface area contributed by atoms with E-state index in [1.165, 1.54) is 18.2 Å². The van der Waals surface area contributed by atoms with E-state index >= 15 is 0 Å². The van der Waals surface area contributed by atoms with Gasteiger partial charge in [0.05, 0.1) is 6.54 Å². The molecule has 0 fully saturated rings. The number of aromatic carboxylic acids is 1. The summed E-state index contributed by atoms with van der Waals surface area (Å²) in [6.07, 6.45) is 0. The molecular weight excluding hydrogens is 262 g/mol. The van der Waals surface area contributed by atoms with Gasteiger partial charge in [-0.15, -0.1) is 0 Å². The second-order valence-corrected chi connectivity index (χ2v) is 4.26. The second-order valence-electron chi connectivity index (χ2n) is 4.26. The fraction of sp³-hybridized carbons (Fsp3) is 0.143. The van der Waals surface area contributed by atoms with Crippen molar-refractivity contribution in [3.05, 3.63) is 53.0 Å². The summed E-state index contributed by atoms with van der Waals surface area (Å²) in [4.78, 5) is 22.5. The van der Waals surface area contributed by atoms with Gasteiger partial charge < -0.3 is 19.9 Å². The topological polar surface area (TPSA) is 99.8 Å². The molecule has 0 saturated carbocycles. The maximum atomic E-state index is 11.8. The van der Waals surface area contributed by atoms with Gasteiger partial charge in [0, 0.05) is 5.56 Å². The molecule has 1 amide bonds. The largest absolute Gasteiger partial charge is 0.508 e. The summed E-state index contributed by atoms with van der Waals surface area (Å²) >= 11 is 0. The first kappa shape index (κ1) is 13.7. The quantitative estimate of drug-likeness (QED) is 0.791. The number of hydrogen-bond donors (Lipinski definition) is 3. The average molecular weight is 275 g/mol. The Morgan fingerprint density at radius 1 is 1.25 bits per heavy atom. The van der Waals surface area contributed by atoms with E-state index in [1.807, 2.05) is 0 Å². The Bertz CT molecular complexity index is 659. The molecule has 0 atom stereocenters. The van der Waals surface area contributed by atoms with Gasteiger partial charge in [-0.2, -0.15) is 0 Å². The molecular formula is C14H13NO5. The first-order chi connectivity index (χ1) is 9.47. The van der Waals surface area contributed by atoms with Crippen LogP contribution >= 0.6 is 0 Å². The zero-order valence-electron chi connectivity index (χ0n) is 10.7. The fourth-order valence-electron chi connectivity index (χ4n) is 1.61. The van der Waals surface area contributed by atoms with Gasteiger partial charge >= 0.3 is 5.97 Å². The molecule has 3 N–H and O–H groups in total. The van der Waals surface area contributed by atoms with Crippen molar-refractivity contribution < 1.29 is 24.2 Å². The van der Waals surface area contributed by atoms with Crippen molar-refractivity contribution in [2.24, 2.45) is 0 Å². The van der Waals surface area contributed by atoms with E-state index in [4.69, 9.17) is 9.52 Å². The van der Waals surface area contributed by atoms with Crippen LogP contribution in [0.5, 0.6) is 5.75 Å². The smallest absolute Gasteiger partial charge is 0.371 e. The van der Waals surface area contributed by atoms with Gasteiger partial charge in [0.25, 0.3) is 5.91 Å². The van der Waals surface area contributed by atoms with Gasteiger partial charge in [-0.1, -0.05) is 6.07 Å². The molecule has 20 heavy (non-hydrogen) atoms. The molecule has 1 heterocycles. The standard InChI is InChI=1S/C14H13NO5/c1-8-2-3-9(6-11(8)16)13(17)15-7-10-4-5-12(20-10)14(18)19/h2-6,16H,7H2,1H3,(H,15,17)(H,18,19). The molecule has 0 unspecified atom stereocenters. The molecule has 6 nitrogen and oxygen atoms in total. The Morgan fingerprint density at radius 3 is 2.60 bits per heavy atom. The number of rotatable bonds is 4. The van der Waals surface area contributed by atoms with Gasteiger partial charge in [0.15, 0.2) is 0 Å². The predicted octanol–water partition coefficient (Wildman–Crippen LogP) is 1.92. The molecule has 2 rings (SSSR count). The Hall–Kier alpha value is -2.76. The molecule has 0 aliphatic rings. The van der Waals surface area contributed by atoms with E-state index in [1.54, 1.807) is 19.1 Å². The molecule has 6 heteroatoms. The van der Waals surface area contributed by atoms with Gasteiger partial charge in [0.2, 0.25) is 5.76 Å². The number of aryl methyl sites for hydroxylation is 1. The van der Waals surface area contributed by atoms with E-state index in [-0.39, 0.29) is 24.0 Å². The van der Waals surface area contributed by atoms with Crippen LogP contribution in [0.15, 0.2) is 34.7 Å². The highest BCUT2D eigenvalue weighted by molar-refractivity contribution is 5.94. The number of carboxylic acids is 1. The summed E-state index contributed by atoms with van der Waals surface area (Å²) in [6.45, 7) is 1.80. The monoisotopic (exact) mass is 275 g/mol. The lowest BCUT2D eigenvalue weighted by molar-refractivity contribution is 0.0660. The number of carbonyl (C=O) groups is 2. The summed E-state index contributed by atoms with van der Waals surface area (Å²) in [5, 5.41) is 20.8. The molecule has 104 valence electrons. The minimum absolute atomic E-state index is 0.0452. The van der Waals surface area contributed by atoms with Crippen LogP contribution in [-0.2, 0) is 6.54 Å². The van der Waals surface area contributed by atoms with Crippen molar-refractivity contribution in [1.82, 2.24) is 5.32 Å². The maximum absolute atomic E-state index is 11.8. The number of phenols is 1. The number of hydrogen-bond acceptors (Lipinski definition) is 4. The van der Waals surface area contributed by atoms with Crippen molar-refractivity contribution in [3.63, 3.8) is 0 Å². The Labute approximate surface area is 114 Å². The van der Waals surface area contributed by atoms with Gasteiger partial charge in [0.1, 0.15) is 11.5 Å². The van der Waals surface area contributed by atoms with E-state index in [0.717, 1.165) is 0 Å².